The van der Waals surface area contributed by atoms with Gasteiger partial charge in [0.15, 0.2) is 0 Å². The van der Waals surface area contributed by atoms with Crippen molar-refractivity contribution in [2.24, 2.45) is 0 Å². The highest BCUT2D eigenvalue weighted by atomic mass is 32.2. The topological polar surface area (TPSA) is 72.0 Å². The van der Waals surface area contributed by atoms with E-state index in [4.69, 9.17) is 0 Å². The molecule has 0 aliphatic carbocycles. The van der Waals surface area contributed by atoms with Crippen molar-refractivity contribution < 1.29 is 8.42 Å². The lowest BCUT2D eigenvalue weighted by molar-refractivity contribution is 0.564. The second-order valence-corrected chi connectivity index (χ2v) is 7.12. The number of hydrogen-bond donors (Lipinski definition) is 1. The number of para-hydroxylation sites is 1. The first kappa shape index (κ1) is 15.6. The van der Waals surface area contributed by atoms with Gasteiger partial charge >= 0.3 is 0 Å². The predicted octanol–water partition coefficient (Wildman–Crippen LogP) is 2.98. The predicted molar refractivity (Wildman–Crippen MR) is 89.5 cm³/mol. The molecule has 0 aliphatic rings. The largest absolute Gasteiger partial charge is 0.260 e. The van der Waals surface area contributed by atoms with Crippen LogP contribution in [-0.4, -0.2) is 18.4 Å². The van der Waals surface area contributed by atoms with Gasteiger partial charge in [-0.1, -0.05) is 18.2 Å². The molecule has 3 aromatic rings. The molecule has 0 bridgehead atoms. The molecule has 0 saturated heterocycles. The zero-order chi connectivity index (χ0) is 16.4. The number of aryl methyl sites for hydroxylation is 1. The van der Waals surface area contributed by atoms with Crippen LogP contribution in [0.4, 0.5) is 0 Å². The maximum absolute atomic E-state index is 12.7. The molecule has 6 heteroatoms. The van der Waals surface area contributed by atoms with Crippen LogP contribution < -0.4 is 4.72 Å². The van der Waals surface area contributed by atoms with E-state index in [2.05, 4.69) is 14.7 Å². The van der Waals surface area contributed by atoms with Crippen LogP contribution in [0.25, 0.3) is 10.9 Å². The van der Waals surface area contributed by atoms with Crippen LogP contribution in [0.15, 0.2) is 59.8 Å². The highest BCUT2D eigenvalue weighted by Gasteiger charge is 2.21. The van der Waals surface area contributed by atoms with Crippen molar-refractivity contribution in [2.75, 3.05) is 0 Å². The summed E-state index contributed by atoms with van der Waals surface area (Å²) >= 11 is 0. The van der Waals surface area contributed by atoms with Crippen LogP contribution in [0.2, 0.25) is 0 Å². The van der Waals surface area contributed by atoms with Crippen molar-refractivity contribution in [3.05, 3.63) is 66.1 Å². The van der Waals surface area contributed by atoms with E-state index in [-0.39, 0.29) is 4.90 Å². The molecule has 118 valence electrons. The molecule has 2 heterocycles. The maximum atomic E-state index is 12.7. The Hall–Kier alpha value is -2.31. The molecule has 0 amide bonds. The first-order chi connectivity index (χ1) is 11.0. The van der Waals surface area contributed by atoms with Gasteiger partial charge in [-0.05, 0) is 43.7 Å². The summed E-state index contributed by atoms with van der Waals surface area (Å²) in [7, 11) is -3.70. The number of aromatic nitrogens is 2. The number of benzene rings is 1. The fraction of sp³-hybridized carbons (Fsp3) is 0.176. The minimum absolute atomic E-state index is 0.179. The van der Waals surface area contributed by atoms with E-state index in [0.717, 1.165) is 10.9 Å². The van der Waals surface area contributed by atoms with Gasteiger partial charge < -0.3 is 0 Å². The van der Waals surface area contributed by atoms with Crippen molar-refractivity contribution in [1.82, 2.24) is 14.7 Å². The minimum Gasteiger partial charge on any atom is -0.260 e. The Morgan fingerprint density at radius 2 is 1.91 bits per heavy atom. The standard InChI is InChI=1S/C17H17N3O2S/c1-12-10-14-6-5-8-16(17(14)19-11-12)23(21,22)20-13(2)15-7-3-4-9-18-15/h3-11,13,20H,1-2H3. The summed E-state index contributed by atoms with van der Waals surface area (Å²) in [6.45, 7) is 3.69. The number of sulfonamides is 1. The maximum Gasteiger partial charge on any atom is 0.243 e. The highest BCUT2D eigenvalue weighted by Crippen LogP contribution is 2.23. The Bertz CT molecular complexity index is 940. The van der Waals surface area contributed by atoms with Crippen LogP contribution in [0.5, 0.6) is 0 Å². The molecule has 3 rings (SSSR count). The molecule has 23 heavy (non-hydrogen) atoms. The van der Waals surface area contributed by atoms with E-state index in [9.17, 15) is 8.42 Å². The lowest BCUT2D eigenvalue weighted by atomic mass is 10.2. The highest BCUT2D eigenvalue weighted by molar-refractivity contribution is 7.89. The fourth-order valence-corrected chi connectivity index (χ4v) is 3.84. The number of hydrogen-bond acceptors (Lipinski definition) is 4. The molecular formula is C17H17N3O2S. The van der Waals surface area contributed by atoms with Crippen molar-refractivity contribution in [3.8, 4) is 0 Å². The Morgan fingerprint density at radius 3 is 2.65 bits per heavy atom. The van der Waals surface area contributed by atoms with E-state index in [1.807, 2.05) is 25.1 Å². The number of pyridine rings is 2. The summed E-state index contributed by atoms with van der Waals surface area (Å²) in [6.07, 6.45) is 3.31. The van der Waals surface area contributed by atoms with Gasteiger partial charge in [-0.15, -0.1) is 0 Å². The zero-order valence-corrected chi connectivity index (χ0v) is 13.7. The average Bonchev–Trinajstić information content (AvgIpc) is 2.54. The molecule has 1 atom stereocenters. The van der Waals surface area contributed by atoms with Gasteiger partial charge in [0.2, 0.25) is 10.0 Å². The van der Waals surface area contributed by atoms with E-state index in [1.165, 1.54) is 0 Å². The van der Waals surface area contributed by atoms with Crippen LogP contribution in [0, 0.1) is 6.92 Å². The number of nitrogens with zero attached hydrogens (tertiary/aromatic N) is 2. The van der Waals surface area contributed by atoms with Gasteiger partial charge in [-0.2, -0.15) is 0 Å². The molecule has 0 saturated carbocycles. The number of rotatable bonds is 4. The van der Waals surface area contributed by atoms with Crippen molar-refractivity contribution in [2.45, 2.75) is 24.8 Å². The Balaban J connectivity index is 2.00. The van der Waals surface area contributed by atoms with Gasteiger partial charge in [-0.25, -0.2) is 13.1 Å². The zero-order valence-electron chi connectivity index (χ0n) is 12.9. The van der Waals surface area contributed by atoms with E-state index < -0.39 is 16.1 Å². The molecule has 1 unspecified atom stereocenters. The smallest absolute Gasteiger partial charge is 0.243 e. The second-order valence-electron chi connectivity index (χ2n) is 5.44. The molecule has 0 spiro atoms. The third kappa shape index (κ3) is 3.23. The normalized spacial score (nSPS) is 13.1. The van der Waals surface area contributed by atoms with Crippen LogP contribution in [-0.2, 0) is 10.0 Å². The van der Waals surface area contributed by atoms with Crippen molar-refractivity contribution >= 4 is 20.9 Å². The lowest BCUT2D eigenvalue weighted by Gasteiger charge is -2.14. The lowest BCUT2D eigenvalue weighted by Crippen LogP contribution is -2.27. The Labute approximate surface area is 135 Å². The quantitative estimate of drug-likeness (QED) is 0.799. The first-order valence-electron chi connectivity index (χ1n) is 7.26. The Morgan fingerprint density at radius 1 is 1.09 bits per heavy atom. The van der Waals surface area contributed by atoms with Gasteiger partial charge in [0.05, 0.1) is 17.3 Å². The first-order valence-corrected chi connectivity index (χ1v) is 8.74. The third-order valence-electron chi connectivity index (χ3n) is 3.56. The van der Waals surface area contributed by atoms with Crippen molar-refractivity contribution in [3.63, 3.8) is 0 Å². The molecule has 0 fully saturated rings. The van der Waals surface area contributed by atoms with Crippen LogP contribution in [0.1, 0.15) is 24.2 Å². The minimum atomic E-state index is -3.70. The summed E-state index contributed by atoms with van der Waals surface area (Å²) in [6, 6.07) is 12.1. The second kappa shape index (κ2) is 6.06. The monoisotopic (exact) mass is 327 g/mol. The van der Waals surface area contributed by atoms with Gasteiger partial charge in [0, 0.05) is 17.8 Å². The molecule has 2 aromatic heterocycles. The van der Waals surface area contributed by atoms with E-state index in [0.29, 0.717) is 11.2 Å². The van der Waals surface area contributed by atoms with E-state index >= 15 is 0 Å². The third-order valence-corrected chi connectivity index (χ3v) is 5.14. The summed E-state index contributed by atoms with van der Waals surface area (Å²) in [4.78, 5) is 8.66. The Kier molecular flexibility index (Phi) is 4.11. The molecule has 5 nitrogen and oxygen atoms in total. The number of nitrogens with one attached hydrogen (secondary N) is 1. The summed E-state index contributed by atoms with van der Waals surface area (Å²) in [5.41, 5.74) is 2.13. The van der Waals surface area contributed by atoms with Crippen molar-refractivity contribution in [1.29, 1.82) is 0 Å². The number of fused-ring (bicyclic) bond motifs is 1. The summed E-state index contributed by atoms with van der Waals surface area (Å²) in [5.74, 6) is 0. The molecule has 0 aliphatic heterocycles. The van der Waals surface area contributed by atoms with Crippen LogP contribution >= 0.6 is 0 Å². The summed E-state index contributed by atoms with van der Waals surface area (Å²) in [5, 5.41) is 0.804. The molecular weight excluding hydrogens is 310 g/mol. The molecule has 0 radical (unpaired) electrons. The summed E-state index contributed by atoms with van der Waals surface area (Å²) < 4.78 is 28.1. The van der Waals surface area contributed by atoms with Gasteiger partial charge in [0.25, 0.3) is 0 Å². The average molecular weight is 327 g/mol. The fourth-order valence-electron chi connectivity index (χ4n) is 2.45. The molecule has 1 N–H and O–H groups in total. The van der Waals surface area contributed by atoms with Gasteiger partial charge in [-0.3, -0.25) is 9.97 Å². The van der Waals surface area contributed by atoms with E-state index in [1.54, 1.807) is 43.6 Å². The van der Waals surface area contributed by atoms with Crippen LogP contribution in [0.3, 0.4) is 0 Å². The molecule has 1 aromatic carbocycles. The SMILES string of the molecule is Cc1cnc2c(S(=O)(=O)NC(C)c3ccccn3)cccc2c1. The van der Waals surface area contributed by atoms with Gasteiger partial charge in [0.1, 0.15) is 4.90 Å².